The molecule has 0 radical (unpaired) electrons. The molecule has 0 saturated heterocycles. The predicted molar refractivity (Wildman–Crippen MR) is 88.1 cm³/mol. The summed E-state index contributed by atoms with van der Waals surface area (Å²) in [6, 6.07) is 4.22. The van der Waals surface area contributed by atoms with E-state index in [1.807, 2.05) is 12.3 Å². The lowest BCUT2D eigenvalue weighted by Crippen LogP contribution is -2.30. The third-order valence-electron chi connectivity index (χ3n) is 3.65. The maximum absolute atomic E-state index is 4.62. The van der Waals surface area contributed by atoms with Gasteiger partial charge < -0.3 is 10.2 Å². The van der Waals surface area contributed by atoms with Crippen LogP contribution in [0.2, 0.25) is 0 Å². The van der Waals surface area contributed by atoms with Crippen molar-refractivity contribution in [3.8, 4) is 0 Å². The van der Waals surface area contributed by atoms with Gasteiger partial charge in [0.05, 0.1) is 0 Å². The summed E-state index contributed by atoms with van der Waals surface area (Å²) in [5.74, 6) is 2.53. The molecule has 20 heavy (non-hydrogen) atoms. The van der Waals surface area contributed by atoms with E-state index in [2.05, 4.69) is 55.9 Å². The van der Waals surface area contributed by atoms with Crippen molar-refractivity contribution < 1.29 is 0 Å². The van der Waals surface area contributed by atoms with Crippen LogP contribution in [0.25, 0.3) is 0 Å². The standard InChI is InChI=1S/C17H31N3/c1-6-15(5)13-20(7-2)17-16(9-8-10-19-17)12-18-11-14(3)4/h8-10,14-15,18H,6-7,11-13H2,1-5H3. The molecule has 1 heterocycles. The fraction of sp³-hybridized carbons (Fsp3) is 0.706. The van der Waals surface area contributed by atoms with Gasteiger partial charge in [0.15, 0.2) is 0 Å². The number of aromatic nitrogens is 1. The summed E-state index contributed by atoms with van der Waals surface area (Å²) in [6.07, 6.45) is 3.12. The molecule has 1 atom stereocenters. The van der Waals surface area contributed by atoms with E-state index in [0.717, 1.165) is 32.0 Å². The lowest BCUT2D eigenvalue weighted by Gasteiger charge is -2.27. The van der Waals surface area contributed by atoms with Crippen molar-refractivity contribution >= 4 is 5.82 Å². The zero-order valence-corrected chi connectivity index (χ0v) is 13.8. The molecule has 1 aromatic heterocycles. The van der Waals surface area contributed by atoms with Crippen LogP contribution < -0.4 is 10.2 Å². The van der Waals surface area contributed by atoms with Crippen molar-refractivity contribution in [3.05, 3.63) is 23.9 Å². The number of hydrogen-bond acceptors (Lipinski definition) is 3. The van der Waals surface area contributed by atoms with Crippen LogP contribution in [0.5, 0.6) is 0 Å². The minimum Gasteiger partial charge on any atom is -0.356 e. The summed E-state index contributed by atoms with van der Waals surface area (Å²) in [6.45, 7) is 15.3. The quantitative estimate of drug-likeness (QED) is 0.746. The predicted octanol–water partition coefficient (Wildman–Crippen LogP) is 3.70. The normalized spacial score (nSPS) is 12.7. The van der Waals surface area contributed by atoms with Gasteiger partial charge in [-0.3, -0.25) is 0 Å². The molecule has 0 aliphatic heterocycles. The lowest BCUT2D eigenvalue weighted by atomic mass is 10.1. The second-order valence-electron chi connectivity index (χ2n) is 6.06. The summed E-state index contributed by atoms with van der Waals surface area (Å²) in [5.41, 5.74) is 1.30. The van der Waals surface area contributed by atoms with Gasteiger partial charge in [-0.15, -0.1) is 0 Å². The fourth-order valence-electron chi connectivity index (χ4n) is 2.22. The van der Waals surface area contributed by atoms with Crippen molar-refractivity contribution in [1.82, 2.24) is 10.3 Å². The Hall–Kier alpha value is -1.09. The number of nitrogens with one attached hydrogen (secondary N) is 1. The number of nitrogens with zero attached hydrogens (tertiary/aromatic N) is 2. The Morgan fingerprint density at radius 2 is 2.00 bits per heavy atom. The molecule has 0 aliphatic carbocycles. The van der Waals surface area contributed by atoms with Crippen LogP contribution in [0, 0.1) is 11.8 Å². The minimum atomic E-state index is 0.678. The largest absolute Gasteiger partial charge is 0.356 e. The third kappa shape index (κ3) is 5.49. The van der Waals surface area contributed by atoms with Crippen molar-refractivity contribution in [3.63, 3.8) is 0 Å². The van der Waals surface area contributed by atoms with Gasteiger partial charge in [-0.25, -0.2) is 4.98 Å². The summed E-state index contributed by atoms with van der Waals surface area (Å²) in [5, 5.41) is 3.52. The highest BCUT2D eigenvalue weighted by atomic mass is 15.2. The van der Waals surface area contributed by atoms with Gasteiger partial charge in [0.25, 0.3) is 0 Å². The monoisotopic (exact) mass is 277 g/mol. The summed E-state index contributed by atoms with van der Waals surface area (Å²) >= 11 is 0. The SMILES string of the molecule is CCC(C)CN(CC)c1ncccc1CNCC(C)C. The number of hydrogen-bond donors (Lipinski definition) is 1. The molecule has 0 aromatic carbocycles. The molecule has 1 N–H and O–H groups in total. The molecule has 3 heteroatoms. The van der Waals surface area contributed by atoms with Gasteiger partial charge in [0.1, 0.15) is 5.82 Å². The molecule has 1 aromatic rings. The Bertz CT molecular complexity index is 376. The van der Waals surface area contributed by atoms with Crippen LogP contribution in [0.3, 0.4) is 0 Å². The van der Waals surface area contributed by atoms with Gasteiger partial charge in [-0.1, -0.05) is 40.2 Å². The summed E-state index contributed by atoms with van der Waals surface area (Å²) in [4.78, 5) is 7.02. The zero-order valence-electron chi connectivity index (χ0n) is 13.8. The van der Waals surface area contributed by atoms with Gasteiger partial charge in [-0.05, 0) is 31.4 Å². The summed E-state index contributed by atoms with van der Waals surface area (Å²) in [7, 11) is 0. The van der Waals surface area contributed by atoms with Gasteiger partial charge in [-0.2, -0.15) is 0 Å². The third-order valence-corrected chi connectivity index (χ3v) is 3.65. The second-order valence-corrected chi connectivity index (χ2v) is 6.06. The van der Waals surface area contributed by atoms with Crippen LogP contribution in [-0.4, -0.2) is 24.6 Å². The molecule has 0 aliphatic rings. The molecule has 3 nitrogen and oxygen atoms in total. The molecule has 114 valence electrons. The van der Waals surface area contributed by atoms with E-state index in [1.165, 1.54) is 12.0 Å². The van der Waals surface area contributed by atoms with E-state index < -0.39 is 0 Å². The summed E-state index contributed by atoms with van der Waals surface area (Å²) < 4.78 is 0. The zero-order chi connectivity index (χ0) is 15.0. The Labute approximate surface area is 124 Å². The van der Waals surface area contributed by atoms with Crippen LogP contribution in [0.15, 0.2) is 18.3 Å². The van der Waals surface area contributed by atoms with Gasteiger partial charge in [0, 0.05) is 31.4 Å². The highest BCUT2D eigenvalue weighted by molar-refractivity contribution is 5.46. The molecular formula is C17H31N3. The average Bonchev–Trinajstić information content (AvgIpc) is 2.44. The molecular weight excluding hydrogens is 246 g/mol. The minimum absolute atomic E-state index is 0.678. The molecule has 1 unspecified atom stereocenters. The first-order valence-electron chi connectivity index (χ1n) is 7.97. The average molecular weight is 277 g/mol. The Kier molecular flexibility index (Phi) is 7.60. The topological polar surface area (TPSA) is 28.2 Å². The maximum atomic E-state index is 4.62. The number of rotatable bonds is 9. The molecule has 0 spiro atoms. The van der Waals surface area contributed by atoms with Crippen molar-refractivity contribution in [2.75, 3.05) is 24.5 Å². The van der Waals surface area contributed by atoms with Crippen LogP contribution in [-0.2, 0) is 6.54 Å². The van der Waals surface area contributed by atoms with E-state index in [4.69, 9.17) is 0 Å². The Balaban J connectivity index is 2.76. The molecule has 1 rings (SSSR count). The number of anilines is 1. The van der Waals surface area contributed by atoms with Crippen molar-refractivity contribution in [2.24, 2.45) is 11.8 Å². The second kappa shape index (κ2) is 8.96. The van der Waals surface area contributed by atoms with Gasteiger partial charge >= 0.3 is 0 Å². The lowest BCUT2D eigenvalue weighted by molar-refractivity contribution is 0.537. The van der Waals surface area contributed by atoms with E-state index in [-0.39, 0.29) is 0 Å². The maximum Gasteiger partial charge on any atom is 0.133 e. The number of pyridine rings is 1. The van der Waals surface area contributed by atoms with E-state index in [9.17, 15) is 0 Å². The van der Waals surface area contributed by atoms with Gasteiger partial charge in [0.2, 0.25) is 0 Å². The van der Waals surface area contributed by atoms with E-state index in [0.29, 0.717) is 11.8 Å². The first-order chi connectivity index (χ1) is 9.58. The smallest absolute Gasteiger partial charge is 0.133 e. The van der Waals surface area contributed by atoms with Crippen LogP contribution in [0.4, 0.5) is 5.82 Å². The van der Waals surface area contributed by atoms with Crippen LogP contribution in [0.1, 0.15) is 46.6 Å². The van der Waals surface area contributed by atoms with E-state index in [1.54, 1.807) is 0 Å². The fourth-order valence-corrected chi connectivity index (χ4v) is 2.22. The Morgan fingerprint density at radius 1 is 1.25 bits per heavy atom. The first kappa shape index (κ1) is 17.0. The molecule has 0 bridgehead atoms. The van der Waals surface area contributed by atoms with E-state index >= 15 is 0 Å². The molecule has 0 fully saturated rings. The van der Waals surface area contributed by atoms with Crippen LogP contribution >= 0.6 is 0 Å². The highest BCUT2D eigenvalue weighted by Gasteiger charge is 2.13. The Morgan fingerprint density at radius 3 is 2.60 bits per heavy atom. The molecule has 0 saturated carbocycles. The highest BCUT2D eigenvalue weighted by Crippen LogP contribution is 2.19. The molecule has 0 amide bonds. The first-order valence-corrected chi connectivity index (χ1v) is 7.97. The van der Waals surface area contributed by atoms with Crippen molar-refractivity contribution in [2.45, 2.75) is 47.6 Å². The van der Waals surface area contributed by atoms with Crippen molar-refractivity contribution in [1.29, 1.82) is 0 Å².